The second-order valence-electron chi connectivity index (χ2n) is 36.0. The molecule has 30 rings (SSSR count). The quantitative estimate of drug-likeness (QED) is 0.167. The maximum Gasteiger partial charge on any atom is 0.0703 e. The molecule has 6 heteroatoms. The van der Waals surface area contributed by atoms with Gasteiger partial charge in [-0.1, -0.05) is 182 Å². The Balaban J connectivity index is 0.000000124. The third-order valence-corrected chi connectivity index (χ3v) is 30.6. The first kappa shape index (κ1) is 64.5. The van der Waals surface area contributed by atoms with Crippen molar-refractivity contribution in [2.24, 2.45) is 47.3 Å². The number of pyridine rings is 2. The fourth-order valence-electron chi connectivity index (χ4n) is 26.7. The molecule has 0 N–H and O–H groups in total. The van der Waals surface area contributed by atoms with Crippen molar-refractivity contribution in [3.8, 4) is 67.3 Å². The van der Waals surface area contributed by atoms with Gasteiger partial charge in [0.2, 0.25) is 0 Å². The molecular weight excluding hydrogens is 1410 g/mol. The molecule has 8 saturated carbocycles. The summed E-state index contributed by atoms with van der Waals surface area (Å²) in [6.45, 7) is 0. The molecule has 10 aliphatic rings. The van der Waals surface area contributed by atoms with Crippen LogP contribution in [-0.4, -0.2) is 28.2 Å². The molecule has 14 aromatic carbocycles. The molecule has 8 fully saturated rings. The summed E-state index contributed by atoms with van der Waals surface area (Å²) in [5, 5.41) is 12.5. The first-order valence-corrected chi connectivity index (χ1v) is 42.7. The zero-order chi connectivity index (χ0) is 75.4. The number of aromatic nitrogens is 6. The minimum Gasteiger partial charge on any atom is -0.309 e. The molecule has 10 aliphatic carbocycles. The van der Waals surface area contributed by atoms with Gasteiger partial charge in [0, 0.05) is 88.0 Å². The summed E-state index contributed by atoms with van der Waals surface area (Å²) in [4.78, 5) is 9.41. The van der Waals surface area contributed by atoms with Crippen LogP contribution in [0.1, 0.15) is 86.5 Å². The van der Waals surface area contributed by atoms with E-state index in [0.717, 1.165) is 80.5 Å². The molecule has 2 spiro atoms. The van der Waals surface area contributed by atoms with E-state index in [2.05, 4.69) is 333 Å². The lowest BCUT2D eigenvalue weighted by molar-refractivity contribution is -0.0399. The van der Waals surface area contributed by atoms with Crippen molar-refractivity contribution in [2.75, 3.05) is 0 Å². The largest absolute Gasteiger partial charge is 0.309 e. The van der Waals surface area contributed by atoms with Crippen LogP contribution in [0.5, 0.6) is 0 Å². The Hall–Kier alpha value is -12.9. The van der Waals surface area contributed by atoms with Crippen molar-refractivity contribution in [2.45, 2.75) is 75.0 Å². The number of nitrogens with zero attached hydrogens (tertiary/aromatic N) is 6. The van der Waals surface area contributed by atoms with E-state index in [1.807, 2.05) is 18.5 Å². The highest BCUT2D eigenvalue weighted by Gasteiger charge is 2.63. The summed E-state index contributed by atoms with van der Waals surface area (Å²) < 4.78 is 9.88. The SMILES string of the molecule is c1ccc2c(c1)-c1ccc(-n3c4ccccc4c4cc(-c5ccc6c(c5)c5ccccc5n6-c5ccc6ncccc6c5)ccc43)cc1C21C2CC3CC(C2)CC1C3.c1ccc2c(c1)-c1ccc(-n3c4ccccc4c4cc(-c5ccc6c(c5)c5ccccc5n6-c5cnc6ccccc6c5)ccc43)cc1C21C2CC3CC(C2)CC1C3. The van der Waals surface area contributed by atoms with Crippen molar-refractivity contribution in [3.63, 3.8) is 0 Å². The normalized spacial score (nSPS) is 22.9. The molecule has 0 radical (unpaired) electrons. The minimum atomic E-state index is 0.147. The molecule has 0 unspecified atom stereocenters. The zero-order valence-electron chi connectivity index (χ0n) is 64.6. The van der Waals surface area contributed by atoms with E-state index in [0.29, 0.717) is 0 Å². The van der Waals surface area contributed by atoms with Crippen LogP contribution in [0.3, 0.4) is 0 Å². The van der Waals surface area contributed by atoms with Gasteiger partial charge in [-0.05, 0) is 312 Å². The molecule has 552 valence electrons. The fourth-order valence-corrected chi connectivity index (χ4v) is 26.7. The molecule has 6 heterocycles. The third kappa shape index (κ3) is 8.81. The van der Waals surface area contributed by atoms with Crippen LogP contribution >= 0.6 is 0 Å². The number of hydrogen-bond acceptors (Lipinski definition) is 2. The topological polar surface area (TPSA) is 45.5 Å². The average Bonchev–Trinajstić information content (AvgIpc) is 1.50. The average molecular weight is 1490 g/mol. The van der Waals surface area contributed by atoms with Gasteiger partial charge in [0.15, 0.2) is 0 Å². The van der Waals surface area contributed by atoms with Crippen LogP contribution in [0.25, 0.3) is 176 Å². The van der Waals surface area contributed by atoms with Gasteiger partial charge in [0.25, 0.3) is 0 Å². The molecule has 0 amide bonds. The number of benzene rings is 14. The van der Waals surface area contributed by atoms with Crippen LogP contribution in [0.15, 0.2) is 328 Å². The van der Waals surface area contributed by atoms with Gasteiger partial charge in [0.05, 0.1) is 67.1 Å². The van der Waals surface area contributed by atoms with Crippen molar-refractivity contribution in [1.82, 2.24) is 28.2 Å². The number of fused-ring (bicyclic) bond motifs is 20. The Morgan fingerprint density at radius 3 is 0.974 bits per heavy atom. The lowest BCUT2D eigenvalue weighted by atomic mass is 9.43. The second kappa shape index (κ2) is 23.9. The van der Waals surface area contributed by atoms with Gasteiger partial charge in [-0.2, -0.15) is 0 Å². The van der Waals surface area contributed by atoms with Gasteiger partial charge >= 0.3 is 0 Å². The number of rotatable bonds is 6. The molecule has 20 aromatic rings. The predicted octanol–water partition coefficient (Wildman–Crippen LogP) is 27.6. The van der Waals surface area contributed by atoms with Crippen molar-refractivity contribution < 1.29 is 0 Å². The van der Waals surface area contributed by atoms with Gasteiger partial charge in [-0.3, -0.25) is 9.97 Å². The number of hydrogen-bond donors (Lipinski definition) is 0. The smallest absolute Gasteiger partial charge is 0.0703 e. The maximum absolute atomic E-state index is 4.84. The first-order valence-electron chi connectivity index (χ1n) is 42.7. The Bertz CT molecular complexity index is 7150. The van der Waals surface area contributed by atoms with E-state index in [1.54, 1.807) is 22.3 Å². The zero-order valence-corrected chi connectivity index (χ0v) is 64.6. The Labute approximate surface area is 672 Å². The van der Waals surface area contributed by atoms with Crippen LogP contribution in [0.2, 0.25) is 0 Å². The first-order chi connectivity index (χ1) is 57.4. The maximum atomic E-state index is 4.84. The summed E-state index contributed by atoms with van der Waals surface area (Å²) >= 11 is 0. The molecular formula is C110H82N6. The number of para-hydroxylation sites is 5. The Morgan fingerprint density at radius 1 is 0.224 bits per heavy atom. The van der Waals surface area contributed by atoms with E-state index in [4.69, 9.17) is 4.98 Å². The molecule has 8 bridgehead atoms. The van der Waals surface area contributed by atoms with Crippen LogP contribution < -0.4 is 0 Å². The summed E-state index contributed by atoms with van der Waals surface area (Å²) in [6.07, 6.45) is 18.0. The monoisotopic (exact) mass is 1490 g/mol. The lowest BCUT2D eigenvalue weighted by Crippen LogP contribution is -2.55. The summed E-state index contributed by atoms with van der Waals surface area (Å²) in [6, 6.07) is 119. The minimum absolute atomic E-state index is 0.147. The Kier molecular flexibility index (Phi) is 13.3. The third-order valence-electron chi connectivity index (χ3n) is 30.6. The highest BCUT2D eigenvalue weighted by atomic mass is 15.0. The van der Waals surface area contributed by atoms with Gasteiger partial charge in [-0.25, -0.2) is 0 Å². The molecule has 116 heavy (non-hydrogen) atoms. The highest BCUT2D eigenvalue weighted by molar-refractivity contribution is 6.15. The van der Waals surface area contributed by atoms with E-state index in [-0.39, 0.29) is 10.8 Å². The van der Waals surface area contributed by atoms with Crippen molar-refractivity contribution in [3.05, 3.63) is 350 Å². The lowest BCUT2D eigenvalue weighted by Gasteiger charge is -2.61. The van der Waals surface area contributed by atoms with Crippen LogP contribution in [-0.2, 0) is 10.8 Å². The molecule has 6 nitrogen and oxygen atoms in total. The predicted molar refractivity (Wildman–Crippen MR) is 478 cm³/mol. The molecule has 0 saturated heterocycles. The van der Waals surface area contributed by atoms with Crippen LogP contribution in [0, 0.1) is 47.3 Å². The molecule has 0 aliphatic heterocycles. The van der Waals surface area contributed by atoms with Gasteiger partial charge in [-0.15, -0.1) is 0 Å². The van der Waals surface area contributed by atoms with E-state index >= 15 is 0 Å². The van der Waals surface area contributed by atoms with Crippen LogP contribution in [0.4, 0.5) is 0 Å². The molecule has 6 aromatic heterocycles. The van der Waals surface area contributed by atoms with Gasteiger partial charge in [0.1, 0.15) is 0 Å². The fraction of sp³-hybridized carbons (Fsp3) is 0.182. The van der Waals surface area contributed by atoms with Gasteiger partial charge < -0.3 is 18.3 Å². The Morgan fingerprint density at radius 2 is 0.543 bits per heavy atom. The van der Waals surface area contributed by atoms with E-state index in [1.165, 1.54) is 207 Å². The van der Waals surface area contributed by atoms with E-state index in [9.17, 15) is 0 Å². The highest BCUT2D eigenvalue weighted by Crippen LogP contribution is 2.71. The standard InChI is InChI=1S/2C55H41N3/c1-6-14-50-37(9-1)28-41(32-56-50)58-52-16-8-4-12-45(52)47-30-36(18-22-54(47)58)35-17-21-53-46(29-35)44-11-3-7-15-51(44)57(53)40-19-20-43-42-10-2-5-13-48(42)55(49(43)31-40)38-24-33-23-34(26-38)27-39(55)25-33;1-4-12-48-42(9-1)43-19-17-41(32-49(43)55(48)38-25-33-24-34(27-38)28-39(55)26-33)58-52-14-6-3-11-45(52)47-31-36(16-22-54(47)58)35-15-21-53-46(30-35)44-10-2-5-13-51(44)57(53)40-18-20-50-37(29-40)8-7-23-56-50/h1-22,28-34,38-39H,23-27H2;1-23,29-34,38-39H,24-28H2. The summed E-state index contributed by atoms with van der Waals surface area (Å²) in [5.74, 6) is 6.72. The second-order valence-corrected chi connectivity index (χ2v) is 36.0. The summed E-state index contributed by atoms with van der Waals surface area (Å²) in [7, 11) is 0. The summed E-state index contributed by atoms with van der Waals surface area (Å²) in [5.41, 5.74) is 34.3. The van der Waals surface area contributed by atoms with E-state index < -0.39 is 0 Å². The van der Waals surface area contributed by atoms with Crippen molar-refractivity contribution in [1.29, 1.82) is 0 Å². The van der Waals surface area contributed by atoms with Crippen molar-refractivity contribution >= 4 is 109 Å². The molecule has 0 atom stereocenters.